The molecule has 2 aliphatic heterocycles. The van der Waals surface area contributed by atoms with Crippen LogP contribution in [0.25, 0.3) is 5.57 Å². The Morgan fingerprint density at radius 3 is 2.48 bits per heavy atom. The third-order valence-corrected chi connectivity index (χ3v) is 10.1. The number of carbonyl (C=O) groups excluding carboxylic acids is 1. The normalized spacial score (nSPS) is 25.8. The van der Waals surface area contributed by atoms with E-state index in [4.69, 9.17) is 16.3 Å². The van der Waals surface area contributed by atoms with Gasteiger partial charge in [-0.25, -0.2) is 4.79 Å². The zero-order valence-corrected chi connectivity index (χ0v) is 26.0. The first kappa shape index (κ1) is 31.2. The second-order valence-corrected chi connectivity index (χ2v) is 13.1. The van der Waals surface area contributed by atoms with Crippen molar-refractivity contribution >= 4 is 23.1 Å². The highest BCUT2D eigenvalue weighted by Crippen LogP contribution is 2.43. The number of alkyl halides is 4. The molecule has 0 spiro atoms. The lowest BCUT2D eigenvalue weighted by molar-refractivity contribution is -0.145. The summed E-state index contributed by atoms with van der Waals surface area (Å²) < 4.78 is 48.9. The standard InChI is InChI=1S/C33H41ClF3N5O2/c1-2-44-31(43)28-21-38-42(30(28)33(35,36)37)26-12-7-15-40(23-26)29-20-32(34,14-13-27(29)25-10-4-3-5-11-25)41-18-16-39(17-19-41)22-24-8-6-9-24/h3-5,10-11,13-14,21,24,26H,2,6-9,12,15-20,22-23H2,1H3. The first-order valence-corrected chi connectivity index (χ1v) is 16.2. The van der Waals surface area contributed by atoms with Gasteiger partial charge in [0.1, 0.15) is 10.6 Å². The lowest BCUT2D eigenvalue weighted by atomic mass is 9.85. The van der Waals surface area contributed by atoms with E-state index in [0.29, 0.717) is 32.4 Å². The number of nitrogens with zero attached hydrogens (tertiary/aromatic N) is 5. The number of hydrogen-bond donors (Lipinski definition) is 0. The van der Waals surface area contributed by atoms with Gasteiger partial charge in [0, 0.05) is 63.5 Å². The monoisotopic (exact) mass is 631 g/mol. The first-order valence-electron chi connectivity index (χ1n) is 15.9. The van der Waals surface area contributed by atoms with Crippen LogP contribution in [0.1, 0.15) is 73.1 Å². The lowest BCUT2D eigenvalue weighted by Crippen LogP contribution is -2.56. The number of esters is 1. The molecule has 1 aromatic carbocycles. The maximum absolute atomic E-state index is 14.3. The van der Waals surface area contributed by atoms with E-state index in [-0.39, 0.29) is 6.61 Å². The fourth-order valence-electron chi connectivity index (χ4n) is 7.10. The Hall–Kier alpha value is -2.82. The molecular formula is C33H41ClF3N5O2. The van der Waals surface area contributed by atoms with E-state index in [1.807, 2.05) is 18.2 Å². The summed E-state index contributed by atoms with van der Waals surface area (Å²) >= 11 is 7.46. The first-order chi connectivity index (χ1) is 21.2. The number of piperazine rings is 1. The van der Waals surface area contributed by atoms with Gasteiger partial charge in [-0.05, 0) is 50.2 Å². The quantitative estimate of drug-likeness (QED) is 0.190. The molecule has 4 aliphatic rings. The highest BCUT2D eigenvalue weighted by atomic mass is 35.5. The third-order valence-electron chi connectivity index (χ3n) is 9.64. The Labute approximate surface area is 262 Å². The van der Waals surface area contributed by atoms with Crippen molar-refractivity contribution in [3.05, 3.63) is 71.2 Å². The number of ether oxygens (including phenoxy) is 1. The Bertz CT molecular complexity index is 1380. The SMILES string of the molecule is CCOC(=O)c1cnn(C2CCCN(C3=C(c4ccccc4)C=CC(Cl)(N4CCN(CC5CCC5)CC4)C3)C2)c1C(F)(F)F. The molecule has 1 saturated carbocycles. The summed E-state index contributed by atoms with van der Waals surface area (Å²) in [5.74, 6) is -0.179. The van der Waals surface area contributed by atoms with Crippen molar-refractivity contribution in [2.24, 2.45) is 5.92 Å². The van der Waals surface area contributed by atoms with Gasteiger partial charge < -0.3 is 14.5 Å². The van der Waals surface area contributed by atoms with Crippen LogP contribution in [0, 0.1) is 5.92 Å². The van der Waals surface area contributed by atoms with Gasteiger partial charge in [0.25, 0.3) is 0 Å². The van der Waals surface area contributed by atoms with E-state index in [2.05, 4.69) is 44.1 Å². The average molecular weight is 632 g/mol. The molecule has 0 radical (unpaired) electrons. The van der Waals surface area contributed by atoms with E-state index in [1.165, 1.54) is 25.8 Å². The minimum Gasteiger partial charge on any atom is -0.462 e. The molecule has 7 nitrogen and oxygen atoms in total. The molecule has 3 fully saturated rings. The summed E-state index contributed by atoms with van der Waals surface area (Å²) in [6, 6.07) is 9.50. The number of piperidine rings is 1. The van der Waals surface area contributed by atoms with Gasteiger partial charge >= 0.3 is 12.1 Å². The van der Waals surface area contributed by atoms with Gasteiger partial charge in [0.2, 0.25) is 0 Å². The van der Waals surface area contributed by atoms with E-state index in [1.54, 1.807) is 6.92 Å². The van der Waals surface area contributed by atoms with Crippen molar-refractivity contribution < 1.29 is 22.7 Å². The molecule has 6 rings (SSSR count). The number of carbonyl (C=O) groups is 1. The number of aromatic nitrogens is 2. The Morgan fingerprint density at radius 2 is 1.82 bits per heavy atom. The fraction of sp³-hybridized carbons (Fsp3) is 0.576. The van der Waals surface area contributed by atoms with Crippen molar-refractivity contribution in [3.8, 4) is 0 Å². The zero-order valence-electron chi connectivity index (χ0n) is 25.2. The minimum absolute atomic E-state index is 0.0157. The van der Waals surface area contributed by atoms with Crippen molar-refractivity contribution in [2.75, 3.05) is 52.4 Å². The highest BCUT2D eigenvalue weighted by Gasteiger charge is 2.44. The molecule has 2 saturated heterocycles. The molecule has 0 bridgehead atoms. The van der Waals surface area contributed by atoms with Crippen LogP contribution < -0.4 is 0 Å². The van der Waals surface area contributed by atoms with Crippen LogP contribution >= 0.6 is 11.6 Å². The fourth-order valence-corrected chi connectivity index (χ4v) is 7.46. The largest absolute Gasteiger partial charge is 0.462 e. The summed E-state index contributed by atoms with van der Waals surface area (Å²) in [7, 11) is 0. The highest BCUT2D eigenvalue weighted by molar-refractivity contribution is 6.25. The van der Waals surface area contributed by atoms with Crippen LogP contribution in [0.4, 0.5) is 13.2 Å². The maximum Gasteiger partial charge on any atom is 0.433 e. The van der Waals surface area contributed by atoms with Gasteiger partial charge in [-0.1, -0.05) is 54.4 Å². The van der Waals surface area contributed by atoms with Crippen molar-refractivity contribution in [1.82, 2.24) is 24.5 Å². The summed E-state index contributed by atoms with van der Waals surface area (Å²) in [5.41, 5.74) is 1.52. The number of rotatable bonds is 8. The van der Waals surface area contributed by atoms with Crippen LogP contribution in [0.2, 0.25) is 0 Å². The molecule has 2 unspecified atom stereocenters. The van der Waals surface area contributed by atoms with E-state index in [0.717, 1.165) is 59.8 Å². The van der Waals surface area contributed by atoms with Gasteiger partial charge in [-0.3, -0.25) is 9.58 Å². The van der Waals surface area contributed by atoms with Crippen molar-refractivity contribution in [1.29, 1.82) is 0 Å². The molecule has 3 heterocycles. The topological polar surface area (TPSA) is 53.8 Å². The summed E-state index contributed by atoms with van der Waals surface area (Å²) in [6.45, 7) is 7.46. The van der Waals surface area contributed by atoms with Crippen LogP contribution in [-0.4, -0.2) is 87.9 Å². The number of likely N-dealkylation sites (tertiary alicyclic amines) is 1. The van der Waals surface area contributed by atoms with E-state index >= 15 is 0 Å². The Kier molecular flexibility index (Phi) is 9.13. The number of hydrogen-bond acceptors (Lipinski definition) is 6. The molecule has 2 aromatic rings. The smallest absolute Gasteiger partial charge is 0.433 e. The molecule has 2 atom stereocenters. The molecule has 0 N–H and O–H groups in total. The van der Waals surface area contributed by atoms with Crippen molar-refractivity contribution in [3.63, 3.8) is 0 Å². The van der Waals surface area contributed by atoms with Gasteiger partial charge in [-0.15, -0.1) is 0 Å². The second-order valence-electron chi connectivity index (χ2n) is 12.5. The molecule has 1 aromatic heterocycles. The van der Waals surface area contributed by atoms with Crippen LogP contribution in [-0.2, 0) is 10.9 Å². The average Bonchev–Trinajstić information content (AvgIpc) is 3.47. The van der Waals surface area contributed by atoms with Crippen molar-refractivity contribution in [2.45, 2.75) is 62.7 Å². The van der Waals surface area contributed by atoms with Crippen LogP contribution in [0.15, 0.2) is 54.4 Å². The lowest BCUT2D eigenvalue weighted by Gasteiger charge is -2.47. The predicted octanol–water partition coefficient (Wildman–Crippen LogP) is 6.44. The third kappa shape index (κ3) is 6.44. The number of allylic oxidation sites excluding steroid dienone is 2. The summed E-state index contributed by atoms with van der Waals surface area (Å²) in [6.07, 6.45) is 6.20. The van der Waals surface area contributed by atoms with Crippen LogP contribution in [0.3, 0.4) is 0 Å². The maximum atomic E-state index is 14.3. The molecule has 44 heavy (non-hydrogen) atoms. The summed E-state index contributed by atoms with van der Waals surface area (Å²) in [5, 5.41) is 4.11. The summed E-state index contributed by atoms with van der Waals surface area (Å²) in [4.78, 5) is 18.8. The molecular weight excluding hydrogens is 591 g/mol. The number of halogens is 4. The molecule has 11 heteroatoms. The zero-order chi connectivity index (χ0) is 30.9. The van der Waals surface area contributed by atoms with Gasteiger partial charge in [0.05, 0.1) is 18.8 Å². The minimum atomic E-state index is -4.75. The molecule has 0 amide bonds. The Balaban J connectivity index is 1.26. The predicted molar refractivity (Wildman–Crippen MR) is 164 cm³/mol. The molecule has 2 aliphatic carbocycles. The Morgan fingerprint density at radius 1 is 1.07 bits per heavy atom. The molecule has 238 valence electrons. The second kappa shape index (κ2) is 12.9. The van der Waals surface area contributed by atoms with Crippen LogP contribution in [0.5, 0.6) is 0 Å². The van der Waals surface area contributed by atoms with Gasteiger partial charge in [-0.2, -0.15) is 18.3 Å². The van der Waals surface area contributed by atoms with Gasteiger partial charge in [0.15, 0.2) is 5.69 Å². The number of benzene rings is 1. The van der Waals surface area contributed by atoms with E-state index < -0.39 is 34.4 Å². The van der Waals surface area contributed by atoms with E-state index in [9.17, 15) is 18.0 Å².